The molecule has 0 spiro atoms. The highest BCUT2D eigenvalue weighted by atomic mass is 16.6. The quantitative estimate of drug-likeness (QED) is 0.604. The Morgan fingerprint density at radius 1 is 1.06 bits per heavy atom. The van der Waals surface area contributed by atoms with Gasteiger partial charge in [-0.25, -0.2) is 9.59 Å². The van der Waals surface area contributed by atoms with Crippen molar-refractivity contribution in [3.05, 3.63) is 40.8 Å². The molecular formula is C26H36N4O5. The van der Waals surface area contributed by atoms with Crippen molar-refractivity contribution in [2.45, 2.75) is 59.2 Å². The predicted molar refractivity (Wildman–Crippen MR) is 134 cm³/mol. The number of para-hydroxylation sites is 2. The molecule has 1 fully saturated rings. The van der Waals surface area contributed by atoms with Crippen LogP contribution in [0, 0.1) is 5.92 Å². The molecule has 0 saturated carbocycles. The van der Waals surface area contributed by atoms with Gasteiger partial charge in [0.15, 0.2) is 0 Å². The van der Waals surface area contributed by atoms with Gasteiger partial charge in [-0.05, 0) is 58.7 Å². The topological polar surface area (TPSA) is 86.0 Å². The molecule has 9 heteroatoms. The van der Waals surface area contributed by atoms with Crippen LogP contribution in [0.15, 0.2) is 35.1 Å². The Bertz CT molecular complexity index is 1160. The van der Waals surface area contributed by atoms with E-state index in [0.717, 1.165) is 42.7 Å². The van der Waals surface area contributed by atoms with Crippen LogP contribution >= 0.6 is 0 Å². The molecule has 190 valence electrons. The first-order chi connectivity index (χ1) is 16.7. The number of ether oxygens (including phenoxy) is 2. The molecule has 0 radical (unpaired) electrons. The number of amides is 1. The van der Waals surface area contributed by atoms with E-state index in [1.54, 1.807) is 14.0 Å². The van der Waals surface area contributed by atoms with E-state index in [9.17, 15) is 14.4 Å². The van der Waals surface area contributed by atoms with Gasteiger partial charge in [-0.2, -0.15) is 0 Å². The molecule has 0 unspecified atom stereocenters. The Labute approximate surface area is 205 Å². The molecule has 1 aromatic carbocycles. The predicted octanol–water partition coefficient (Wildman–Crippen LogP) is 3.52. The number of piperidine rings is 1. The van der Waals surface area contributed by atoms with E-state index in [4.69, 9.17) is 9.47 Å². The lowest BCUT2D eigenvalue weighted by atomic mass is 9.97. The zero-order valence-corrected chi connectivity index (χ0v) is 21.2. The number of aromatic nitrogens is 2. The highest BCUT2D eigenvalue weighted by Gasteiger charge is 2.28. The van der Waals surface area contributed by atoms with Crippen molar-refractivity contribution in [2.75, 3.05) is 32.8 Å². The van der Waals surface area contributed by atoms with Crippen molar-refractivity contribution < 1.29 is 19.1 Å². The number of nitrogens with zero attached hydrogens (tertiary/aromatic N) is 4. The van der Waals surface area contributed by atoms with Gasteiger partial charge in [0.1, 0.15) is 5.60 Å². The van der Waals surface area contributed by atoms with Crippen LogP contribution in [0.3, 0.4) is 0 Å². The molecule has 0 aliphatic carbocycles. The number of esters is 1. The maximum absolute atomic E-state index is 13.6. The highest BCUT2D eigenvalue weighted by Crippen LogP contribution is 2.24. The largest absolute Gasteiger partial charge is 0.466 e. The first-order valence-corrected chi connectivity index (χ1v) is 12.4. The van der Waals surface area contributed by atoms with E-state index < -0.39 is 5.60 Å². The number of likely N-dealkylation sites (tertiary alicyclic amines) is 1. The lowest BCUT2D eigenvalue weighted by Gasteiger charge is -2.30. The molecule has 0 atom stereocenters. The average molecular weight is 485 g/mol. The van der Waals surface area contributed by atoms with Crippen LogP contribution in [0.25, 0.3) is 16.7 Å². The fourth-order valence-electron chi connectivity index (χ4n) is 4.75. The van der Waals surface area contributed by atoms with Crippen molar-refractivity contribution >= 4 is 28.8 Å². The average Bonchev–Trinajstić information content (AvgIpc) is 3.10. The molecule has 1 saturated heterocycles. The van der Waals surface area contributed by atoms with Crippen LogP contribution in [-0.2, 0) is 20.9 Å². The number of fused-ring (bicyclic) bond motifs is 1. The molecule has 2 aliphatic rings. The number of hydrogen-bond donors (Lipinski definition) is 0. The maximum Gasteiger partial charge on any atom is 0.410 e. The first-order valence-electron chi connectivity index (χ1n) is 12.4. The summed E-state index contributed by atoms with van der Waals surface area (Å²) in [5, 5.41) is 0. The fourth-order valence-corrected chi connectivity index (χ4v) is 4.75. The molecule has 0 N–H and O–H groups in total. The van der Waals surface area contributed by atoms with Gasteiger partial charge in [-0.3, -0.25) is 18.8 Å². The highest BCUT2D eigenvalue weighted by molar-refractivity contribution is 5.80. The Morgan fingerprint density at radius 3 is 2.34 bits per heavy atom. The zero-order chi connectivity index (χ0) is 25.2. The lowest BCUT2D eigenvalue weighted by molar-refractivity contribution is -0.149. The third kappa shape index (κ3) is 5.61. The van der Waals surface area contributed by atoms with E-state index in [1.165, 1.54) is 0 Å². The van der Waals surface area contributed by atoms with Gasteiger partial charge in [0, 0.05) is 38.3 Å². The van der Waals surface area contributed by atoms with Gasteiger partial charge in [-0.1, -0.05) is 12.1 Å². The van der Waals surface area contributed by atoms with E-state index in [1.807, 2.05) is 58.0 Å². The minimum atomic E-state index is -0.545. The second-order valence-corrected chi connectivity index (χ2v) is 10.2. The molecule has 3 heterocycles. The SMILES string of the molecule is CCOC(=O)C1CCN(Cn2c(=O)n(C3=CCN(C(=O)OC(C)(C)C)CC3)c3ccccc32)CC1. The summed E-state index contributed by atoms with van der Waals surface area (Å²) in [6.45, 7) is 10.6. The fraction of sp³-hybridized carbons (Fsp3) is 0.577. The van der Waals surface area contributed by atoms with Crippen LogP contribution < -0.4 is 5.69 Å². The summed E-state index contributed by atoms with van der Waals surface area (Å²) < 4.78 is 14.2. The van der Waals surface area contributed by atoms with E-state index >= 15 is 0 Å². The van der Waals surface area contributed by atoms with Gasteiger partial charge >= 0.3 is 17.8 Å². The number of hydrogen-bond acceptors (Lipinski definition) is 6. The molecule has 2 aromatic rings. The molecule has 1 aromatic heterocycles. The summed E-state index contributed by atoms with van der Waals surface area (Å²) in [6, 6.07) is 7.80. The van der Waals surface area contributed by atoms with Crippen molar-refractivity contribution in [1.82, 2.24) is 18.9 Å². The lowest BCUT2D eigenvalue weighted by Crippen LogP contribution is -2.41. The summed E-state index contributed by atoms with van der Waals surface area (Å²) in [4.78, 5) is 42.0. The van der Waals surface area contributed by atoms with E-state index in [-0.39, 0.29) is 23.7 Å². The van der Waals surface area contributed by atoms with Crippen molar-refractivity contribution in [3.8, 4) is 0 Å². The van der Waals surface area contributed by atoms with Crippen LogP contribution in [0.2, 0.25) is 0 Å². The second-order valence-electron chi connectivity index (χ2n) is 10.2. The minimum Gasteiger partial charge on any atom is -0.466 e. The molecule has 9 nitrogen and oxygen atoms in total. The molecular weight excluding hydrogens is 448 g/mol. The summed E-state index contributed by atoms with van der Waals surface area (Å²) in [7, 11) is 0. The van der Waals surface area contributed by atoms with Crippen LogP contribution in [0.4, 0.5) is 4.79 Å². The number of carbonyl (C=O) groups excluding carboxylic acids is 2. The number of carbonyl (C=O) groups is 2. The standard InChI is InChI=1S/C26H36N4O5/c1-5-34-23(31)19-10-14-27(15-11-19)18-29-21-8-6-7-9-22(21)30(24(29)32)20-12-16-28(17-13-20)25(33)35-26(2,3)4/h6-9,12,19H,5,10-11,13-18H2,1-4H3. The molecule has 1 amide bonds. The molecule has 0 bridgehead atoms. The molecule has 2 aliphatic heterocycles. The van der Waals surface area contributed by atoms with Gasteiger partial charge in [-0.15, -0.1) is 0 Å². The van der Waals surface area contributed by atoms with Crippen LogP contribution in [0.1, 0.15) is 47.0 Å². The van der Waals surface area contributed by atoms with Gasteiger partial charge in [0.2, 0.25) is 0 Å². The van der Waals surface area contributed by atoms with Crippen molar-refractivity contribution in [1.29, 1.82) is 0 Å². The first kappa shape index (κ1) is 25.0. The van der Waals surface area contributed by atoms with Crippen molar-refractivity contribution in [2.24, 2.45) is 5.92 Å². The summed E-state index contributed by atoms with van der Waals surface area (Å²) in [6.07, 6.45) is 3.64. The monoisotopic (exact) mass is 484 g/mol. The van der Waals surface area contributed by atoms with Gasteiger partial charge in [0.25, 0.3) is 0 Å². The Morgan fingerprint density at radius 2 is 1.74 bits per heavy atom. The third-order valence-electron chi connectivity index (χ3n) is 6.51. The normalized spacial score (nSPS) is 17.9. The minimum absolute atomic E-state index is 0.0652. The van der Waals surface area contributed by atoms with Crippen molar-refractivity contribution in [3.63, 3.8) is 0 Å². The smallest absolute Gasteiger partial charge is 0.410 e. The zero-order valence-electron chi connectivity index (χ0n) is 21.2. The van der Waals surface area contributed by atoms with E-state index in [2.05, 4.69) is 4.90 Å². The van der Waals surface area contributed by atoms with Crippen LogP contribution in [0.5, 0.6) is 0 Å². The second kappa shape index (κ2) is 10.3. The maximum atomic E-state index is 13.6. The van der Waals surface area contributed by atoms with Gasteiger partial charge in [0.05, 0.1) is 30.2 Å². The van der Waals surface area contributed by atoms with E-state index in [0.29, 0.717) is 32.8 Å². The van der Waals surface area contributed by atoms with Crippen LogP contribution in [-0.4, -0.2) is 69.4 Å². The number of imidazole rings is 1. The summed E-state index contributed by atoms with van der Waals surface area (Å²) >= 11 is 0. The Balaban J connectivity index is 1.52. The number of rotatable bonds is 5. The Hall–Kier alpha value is -3.07. The molecule has 4 rings (SSSR count). The van der Waals surface area contributed by atoms with Gasteiger partial charge < -0.3 is 14.4 Å². The molecule has 35 heavy (non-hydrogen) atoms. The Kier molecular flexibility index (Phi) is 7.35. The summed E-state index contributed by atoms with van der Waals surface area (Å²) in [5.41, 5.74) is 1.99. The third-order valence-corrected chi connectivity index (χ3v) is 6.51. The number of benzene rings is 1. The summed E-state index contributed by atoms with van der Waals surface area (Å²) in [5.74, 6) is -0.185.